The van der Waals surface area contributed by atoms with E-state index in [1.165, 1.54) is 28.9 Å². The van der Waals surface area contributed by atoms with Gasteiger partial charge in [0.1, 0.15) is 29.5 Å². The fraction of sp³-hybridized carbons (Fsp3) is 0.452. The minimum Gasteiger partial charge on any atom is -0.462 e. The largest absolute Gasteiger partial charge is 0.462 e. The molecule has 0 N–H and O–H groups in total. The van der Waals surface area contributed by atoms with Crippen molar-refractivity contribution in [1.29, 1.82) is 5.26 Å². The highest BCUT2D eigenvalue weighted by atomic mass is 32.2. The van der Waals surface area contributed by atoms with Crippen molar-refractivity contribution in [2.75, 3.05) is 50.5 Å². The van der Waals surface area contributed by atoms with Crippen molar-refractivity contribution < 1.29 is 22.7 Å². The SMILES string of the molecule is C=C(F)C(=O)N1CCN(c2nc(OC[C@@H]3CCCN3C)nc3c(F)c(-c4ccc(F)c5c4SCCC5)ncc23)C[C@@H]1CC#N. The Morgan fingerprint density at radius 1 is 1.20 bits per heavy atom. The summed E-state index contributed by atoms with van der Waals surface area (Å²) < 4.78 is 51.0. The lowest BCUT2D eigenvalue weighted by molar-refractivity contribution is -0.131. The first-order chi connectivity index (χ1) is 21.3. The number of carbonyl (C=O) groups excluding carboxylic acids is 1. The predicted molar refractivity (Wildman–Crippen MR) is 161 cm³/mol. The smallest absolute Gasteiger partial charge is 0.319 e. The van der Waals surface area contributed by atoms with Crippen LogP contribution < -0.4 is 9.64 Å². The first-order valence-electron chi connectivity index (χ1n) is 14.7. The number of piperazine rings is 1. The maximum atomic E-state index is 16.5. The number of nitrogens with zero attached hydrogens (tertiary/aromatic N) is 7. The third-order valence-electron chi connectivity index (χ3n) is 8.60. The van der Waals surface area contributed by atoms with Crippen molar-refractivity contribution in [3.05, 3.63) is 47.9 Å². The molecule has 9 nitrogen and oxygen atoms in total. The molecule has 0 aliphatic carbocycles. The van der Waals surface area contributed by atoms with Crippen LogP contribution in [0, 0.1) is 23.0 Å². The van der Waals surface area contributed by atoms with E-state index < -0.39 is 23.6 Å². The van der Waals surface area contributed by atoms with Gasteiger partial charge in [-0.15, -0.1) is 11.8 Å². The van der Waals surface area contributed by atoms with E-state index in [9.17, 15) is 18.8 Å². The summed E-state index contributed by atoms with van der Waals surface area (Å²) >= 11 is 1.49. The van der Waals surface area contributed by atoms with Crippen LogP contribution in [0.1, 0.15) is 31.2 Å². The van der Waals surface area contributed by atoms with Gasteiger partial charge in [0.15, 0.2) is 11.6 Å². The maximum Gasteiger partial charge on any atom is 0.319 e. The Morgan fingerprint density at radius 3 is 2.80 bits per heavy atom. The topological polar surface area (TPSA) is 98.5 Å². The van der Waals surface area contributed by atoms with Gasteiger partial charge >= 0.3 is 6.01 Å². The average Bonchev–Trinajstić information content (AvgIpc) is 3.44. The number of likely N-dealkylation sites (N-methyl/N-ethyl adjacent to an activating group) is 1. The Morgan fingerprint density at radius 2 is 2.05 bits per heavy atom. The summed E-state index contributed by atoms with van der Waals surface area (Å²) in [7, 11) is 2.02. The number of likely N-dealkylation sites (tertiary alicyclic amines) is 1. The van der Waals surface area contributed by atoms with Crippen LogP contribution >= 0.6 is 11.8 Å². The van der Waals surface area contributed by atoms with Crippen LogP contribution in [0.15, 0.2) is 35.6 Å². The molecule has 13 heteroatoms. The molecule has 230 valence electrons. The molecule has 2 fully saturated rings. The van der Waals surface area contributed by atoms with E-state index >= 15 is 4.39 Å². The molecule has 0 bridgehead atoms. The number of benzene rings is 1. The lowest BCUT2D eigenvalue weighted by Crippen LogP contribution is -2.55. The van der Waals surface area contributed by atoms with E-state index in [0.717, 1.165) is 31.6 Å². The van der Waals surface area contributed by atoms with Gasteiger partial charge in [-0.2, -0.15) is 15.2 Å². The van der Waals surface area contributed by atoms with Crippen molar-refractivity contribution in [1.82, 2.24) is 24.8 Å². The molecule has 0 spiro atoms. The minimum atomic E-state index is -1.10. The van der Waals surface area contributed by atoms with E-state index in [1.807, 2.05) is 11.9 Å². The monoisotopic (exact) mass is 623 g/mol. The van der Waals surface area contributed by atoms with Crippen LogP contribution in [0.25, 0.3) is 22.2 Å². The van der Waals surface area contributed by atoms with E-state index in [4.69, 9.17) is 4.74 Å². The minimum absolute atomic E-state index is 0.00105. The number of hydrogen-bond donors (Lipinski definition) is 0. The van der Waals surface area contributed by atoms with Crippen molar-refractivity contribution in [2.45, 2.75) is 49.1 Å². The number of fused-ring (bicyclic) bond motifs is 2. The molecule has 0 unspecified atom stereocenters. The second-order valence-electron chi connectivity index (χ2n) is 11.3. The number of ether oxygens (including phenoxy) is 1. The predicted octanol–water partition coefficient (Wildman–Crippen LogP) is 4.90. The van der Waals surface area contributed by atoms with Crippen LogP contribution in [0.3, 0.4) is 0 Å². The van der Waals surface area contributed by atoms with Crippen molar-refractivity contribution in [3.8, 4) is 23.3 Å². The Hall–Kier alpha value is -3.89. The van der Waals surface area contributed by atoms with E-state index in [1.54, 1.807) is 6.07 Å². The molecule has 2 saturated heterocycles. The zero-order valence-corrected chi connectivity index (χ0v) is 25.2. The second-order valence-corrected chi connectivity index (χ2v) is 12.4. The zero-order chi connectivity index (χ0) is 31.0. The molecule has 1 aromatic carbocycles. The van der Waals surface area contributed by atoms with Gasteiger partial charge in [-0.25, -0.2) is 13.2 Å². The van der Waals surface area contributed by atoms with Crippen LogP contribution in [-0.4, -0.2) is 88.3 Å². The molecular formula is C31H32F3N7O2S. The third kappa shape index (κ3) is 5.68. The molecule has 3 aliphatic rings. The molecule has 2 atom stereocenters. The number of nitriles is 1. The Kier molecular flexibility index (Phi) is 8.64. The highest BCUT2D eigenvalue weighted by molar-refractivity contribution is 7.99. The standard InChI is InChI=1S/C31H32F3N7O2S/c1-18(32)30(42)41-13-12-40(16-19(41)9-10-35)29-23-15-36-26(22-7-8-24(33)21-6-4-14-44-28(21)22)25(34)27(23)37-31(38-29)43-17-20-5-3-11-39(20)2/h7-8,15,19-20H,1,3-6,9,11-14,16-17H2,2H3/t19-,20-/m0/s1. The quantitative estimate of drug-likeness (QED) is 0.341. The molecule has 44 heavy (non-hydrogen) atoms. The average molecular weight is 624 g/mol. The molecule has 2 aromatic heterocycles. The summed E-state index contributed by atoms with van der Waals surface area (Å²) in [5, 5.41) is 9.77. The van der Waals surface area contributed by atoms with Gasteiger partial charge in [0.25, 0.3) is 5.91 Å². The first kappa shape index (κ1) is 30.1. The summed E-state index contributed by atoms with van der Waals surface area (Å²) in [4.78, 5) is 32.1. The van der Waals surface area contributed by atoms with Gasteiger partial charge in [0.2, 0.25) is 0 Å². The van der Waals surface area contributed by atoms with Gasteiger partial charge in [0, 0.05) is 47.9 Å². The third-order valence-corrected chi connectivity index (χ3v) is 9.85. The molecule has 5 heterocycles. The van der Waals surface area contributed by atoms with E-state index in [0.29, 0.717) is 40.3 Å². The fourth-order valence-corrected chi connectivity index (χ4v) is 7.42. The second kappa shape index (κ2) is 12.6. The van der Waals surface area contributed by atoms with Gasteiger partial charge in [-0.3, -0.25) is 9.78 Å². The highest BCUT2D eigenvalue weighted by Gasteiger charge is 2.34. The Labute approximate surface area is 257 Å². The molecule has 6 rings (SSSR count). The molecular weight excluding hydrogens is 591 g/mol. The van der Waals surface area contributed by atoms with Gasteiger partial charge in [0.05, 0.1) is 23.9 Å². The summed E-state index contributed by atoms with van der Waals surface area (Å²) in [6.45, 7) is 4.89. The maximum absolute atomic E-state index is 16.5. The van der Waals surface area contributed by atoms with Crippen LogP contribution in [0.2, 0.25) is 0 Å². The zero-order valence-electron chi connectivity index (χ0n) is 24.4. The number of aromatic nitrogens is 3. The first-order valence-corrected chi connectivity index (χ1v) is 15.7. The summed E-state index contributed by atoms with van der Waals surface area (Å²) in [5.74, 6) is -1.80. The number of anilines is 1. The number of thioether (sulfide) groups is 1. The summed E-state index contributed by atoms with van der Waals surface area (Å²) in [5.41, 5.74) is 1.14. The van der Waals surface area contributed by atoms with Crippen molar-refractivity contribution in [2.24, 2.45) is 0 Å². The van der Waals surface area contributed by atoms with Crippen LogP contribution in [0.5, 0.6) is 6.01 Å². The Bertz CT molecular complexity index is 1670. The molecule has 1 amide bonds. The van der Waals surface area contributed by atoms with E-state index in [-0.39, 0.29) is 55.1 Å². The van der Waals surface area contributed by atoms with Gasteiger partial charge < -0.3 is 19.4 Å². The van der Waals surface area contributed by atoms with E-state index in [2.05, 4.69) is 32.5 Å². The normalized spacial score (nSPS) is 20.4. The van der Waals surface area contributed by atoms with Crippen LogP contribution in [-0.2, 0) is 11.2 Å². The molecule has 0 saturated carbocycles. The van der Waals surface area contributed by atoms with Crippen molar-refractivity contribution >= 4 is 34.4 Å². The number of pyridine rings is 1. The Balaban J connectivity index is 1.43. The lowest BCUT2D eigenvalue weighted by atomic mass is 10.0. The number of rotatable bonds is 7. The van der Waals surface area contributed by atoms with Crippen molar-refractivity contribution in [3.63, 3.8) is 0 Å². The highest BCUT2D eigenvalue weighted by Crippen LogP contribution is 2.41. The van der Waals surface area contributed by atoms with Gasteiger partial charge in [-0.1, -0.05) is 6.58 Å². The number of amides is 1. The number of halogens is 3. The molecule has 3 aromatic rings. The summed E-state index contributed by atoms with van der Waals surface area (Å²) in [6.07, 6.45) is 4.88. The molecule has 0 radical (unpaired) electrons. The van der Waals surface area contributed by atoms with Gasteiger partial charge in [-0.05, 0) is 57.2 Å². The molecule has 3 aliphatic heterocycles. The number of carbonyl (C=O) groups is 1. The summed E-state index contributed by atoms with van der Waals surface area (Å²) in [6, 6.07) is 4.49. The lowest BCUT2D eigenvalue weighted by Gasteiger charge is -2.41. The fourth-order valence-electron chi connectivity index (χ4n) is 6.24. The number of hydrogen-bond acceptors (Lipinski definition) is 9. The van der Waals surface area contributed by atoms with Crippen LogP contribution in [0.4, 0.5) is 19.0 Å².